The Morgan fingerprint density at radius 2 is 1.90 bits per heavy atom. The predicted octanol–water partition coefficient (Wildman–Crippen LogP) is 3.72. The molecule has 0 bridgehead atoms. The van der Waals surface area contributed by atoms with Crippen LogP contribution in [0.3, 0.4) is 0 Å². The minimum Gasteiger partial charge on any atom is -0.496 e. The van der Waals surface area contributed by atoms with Gasteiger partial charge in [-0.3, -0.25) is 4.79 Å². The number of aryl methyl sites for hydroxylation is 2. The van der Waals surface area contributed by atoms with Gasteiger partial charge in [0.1, 0.15) is 11.3 Å². The summed E-state index contributed by atoms with van der Waals surface area (Å²) in [5.74, 6) is 1.71. The fourth-order valence-electron chi connectivity index (χ4n) is 3.52. The third-order valence-corrected chi connectivity index (χ3v) is 5.13. The first-order valence-corrected chi connectivity index (χ1v) is 9.27. The number of fused-ring (bicyclic) bond motifs is 2. The Labute approximate surface area is 167 Å². The molecule has 1 aromatic heterocycles. The normalized spacial score (nSPS) is 12.2. The van der Waals surface area contributed by atoms with Crippen molar-refractivity contribution in [2.24, 2.45) is 0 Å². The van der Waals surface area contributed by atoms with Crippen LogP contribution in [0.2, 0.25) is 0 Å². The van der Waals surface area contributed by atoms with Crippen molar-refractivity contribution in [3.63, 3.8) is 0 Å². The van der Waals surface area contributed by atoms with Crippen molar-refractivity contribution in [1.82, 2.24) is 0 Å². The summed E-state index contributed by atoms with van der Waals surface area (Å²) in [6.45, 7) is 3.90. The van der Waals surface area contributed by atoms with E-state index in [0.29, 0.717) is 34.1 Å². The fraction of sp³-hybridized carbons (Fsp3) is 0.273. The van der Waals surface area contributed by atoms with Gasteiger partial charge in [0.15, 0.2) is 11.5 Å². The molecule has 0 radical (unpaired) electrons. The molecule has 2 heterocycles. The summed E-state index contributed by atoms with van der Waals surface area (Å²) in [4.78, 5) is 24.9. The zero-order valence-electron chi connectivity index (χ0n) is 16.5. The Kier molecular flexibility index (Phi) is 4.88. The molecule has 0 aliphatic carbocycles. The second kappa shape index (κ2) is 7.50. The molecule has 1 amide bonds. The molecule has 0 atom stereocenters. The Hall–Kier alpha value is -3.48. The molecule has 0 spiro atoms. The molecule has 0 saturated heterocycles. The monoisotopic (exact) mass is 395 g/mol. The number of nitrogens with one attached hydrogen (secondary N) is 1. The largest absolute Gasteiger partial charge is 0.496 e. The molecule has 150 valence electrons. The van der Waals surface area contributed by atoms with E-state index in [1.807, 2.05) is 26.0 Å². The van der Waals surface area contributed by atoms with Gasteiger partial charge < -0.3 is 23.9 Å². The van der Waals surface area contributed by atoms with Gasteiger partial charge in [0.25, 0.3) is 0 Å². The van der Waals surface area contributed by atoms with Gasteiger partial charge in [0.05, 0.1) is 7.11 Å². The molecule has 0 unspecified atom stereocenters. The Morgan fingerprint density at radius 3 is 2.69 bits per heavy atom. The van der Waals surface area contributed by atoms with Crippen LogP contribution in [0, 0.1) is 13.8 Å². The maximum Gasteiger partial charge on any atom is 0.339 e. The maximum atomic E-state index is 12.5. The van der Waals surface area contributed by atoms with E-state index < -0.39 is 5.63 Å². The quantitative estimate of drug-likeness (QED) is 0.663. The molecular formula is C22H21NO6. The number of carbonyl (C=O) groups is 1. The van der Waals surface area contributed by atoms with E-state index >= 15 is 0 Å². The number of hydrogen-bond acceptors (Lipinski definition) is 6. The highest BCUT2D eigenvalue weighted by Crippen LogP contribution is 2.34. The highest BCUT2D eigenvalue weighted by Gasteiger charge is 2.17. The minimum atomic E-state index is -0.428. The number of carbonyl (C=O) groups excluding carboxylic acids is 1. The summed E-state index contributed by atoms with van der Waals surface area (Å²) in [7, 11) is 1.58. The van der Waals surface area contributed by atoms with Gasteiger partial charge in [0.2, 0.25) is 12.7 Å². The first-order chi connectivity index (χ1) is 14.0. The third-order valence-electron chi connectivity index (χ3n) is 5.13. The second-order valence-corrected chi connectivity index (χ2v) is 6.88. The smallest absolute Gasteiger partial charge is 0.339 e. The van der Waals surface area contributed by atoms with Crippen LogP contribution in [0.15, 0.2) is 39.5 Å². The molecule has 0 saturated carbocycles. The van der Waals surface area contributed by atoms with Gasteiger partial charge in [0, 0.05) is 34.7 Å². The molecule has 4 rings (SSSR count). The van der Waals surface area contributed by atoms with Gasteiger partial charge in [-0.05, 0) is 50.1 Å². The molecule has 1 aliphatic heterocycles. The van der Waals surface area contributed by atoms with E-state index in [0.717, 1.165) is 16.5 Å². The lowest BCUT2D eigenvalue weighted by molar-refractivity contribution is -0.116. The topological polar surface area (TPSA) is 87.0 Å². The lowest BCUT2D eigenvalue weighted by atomic mass is 10.00. The van der Waals surface area contributed by atoms with Gasteiger partial charge in [-0.2, -0.15) is 0 Å². The zero-order chi connectivity index (χ0) is 20.5. The van der Waals surface area contributed by atoms with Crippen LogP contribution >= 0.6 is 0 Å². The highest BCUT2D eigenvalue weighted by molar-refractivity contribution is 5.91. The van der Waals surface area contributed by atoms with Crippen LogP contribution in [-0.2, 0) is 11.2 Å². The predicted molar refractivity (Wildman–Crippen MR) is 108 cm³/mol. The standard InChI is InChI=1S/C22H21NO6/c1-12-15-5-8-17(26-3)13(2)21(15)29-22(25)16(12)6-9-20(24)23-14-4-7-18-19(10-14)28-11-27-18/h4-5,7-8,10H,6,9,11H2,1-3H3,(H,23,24). The van der Waals surface area contributed by atoms with Gasteiger partial charge in [-0.25, -0.2) is 4.79 Å². The number of benzene rings is 2. The second-order valence-electron chi connectivity index (χ2n) is 6.88. The van der Waals surface area contributed by atoms with E-state index in [-0.39, 0.29) is 25.5 Å². The molecule has 29 heavy (non-hydrogen) atoms. The van der Waals surface area contributed by atoms with Crippen molar-refractivity contribution in [3.05, 3.63) is 57.4 Å². The average Bonchev–Trinajstić information content (AvgIpc) is 3.16. The molecule has 1 N–H and O–H groups in total. The first-order valence-electron chi connectivity index (χ1n) is 9.27. The number of hydrogen-bond donors (Lipinski definition) is 1. The Morgan fingerprint density at radius 1 is 1.10 bits per heavy atom. The van der Waals surface area contributed by atoms with Crippen LogP contribution in [0.1, 0.15) is 23.1 Å². The molecule has 3 aromatic rings. The van der Waals surface area contributed by atoms with Crippen molar-refractivity contribution < 1.29 is 23.4 Å². The molecule has 2 aromatic carbocycles. The van der Waals surface area contributed by atoms with Crippen molar-refractivity contribution in [1.29, 1.82) is 0 Å². The van der Waals surface area contributed by atoms with Crippen molar-refractivity contribution >= 4 is 22.6 Å². The molecule has 0 fully saturated rings. The average molecular weight is 395 g/mol. The molecular weight excluding hydrogens is 374 g/mol. The van der Waals surface area contributed by atoms with Crippen LogP contribution in [-0.4, -0.2) is 19.8 Å². The van der Waals surface area contributed by atoms with Crippen LogP contribution in [0.4, 0.5) is 5.69 Å². The van der Waals surface area contributed by atoms with Crippen LogP contribution < -0.4 is 25.2 Å². The van der Waals surface area contributed by atoms with Crippen LogP contribution in [0.25, 0.3) is 11.0 Å². The maximum absolute atomic E-state index is 12.5. The first kappa shape index (κ1) is 18.9. The number of rotatable bonds is 5. The molecule has 1 aliphatic rings. The minimum absolute atomic E-state index is 0.153. The van der Waals surface area contributed by atoms with E-state index in [2.05, 4.69) is 5.32 Å². The van der Waals surface area contributed by atoms with E-state index in [1.165, 1.54) is 0 Å². The van der Waals surface area contributed by atoms with Crippen LogP contribution in [0.5, 0.6) is 17.2 Å². The number of amides is 1. The van der Waals surface area contributed by atoms with E-state index in [9.17, 15) is 9.59 Å². The van der Waals surface area contributed by atoms with Crippen molar-refractivity contribution in [3.8, 4) is 17.2 Å². The van der Waals surface area contributed by atoms with Gasteiger partial charge >= 0.3 is 5.63 Å². The highest BCUT2D eigenvalue weighted by atomic mass is 16.7. The SMILES string of the molecule is COc1ccc2c(C)c(CCC(=O)Nc3ccc4c(c3)OCO4)c(=O)oc2c1C. The zero-order valence-corrected chi connectivity index (χ0v) is 16.5. The molecule has 7 nitrogen and oxygen atoms in total. The lowest BCUT2D eigenvalue weighted by Gasteiger charge is -2.12. The summed E-state index contributed by atoms with van der Waals surface area (Å²) in [6, 6.07) is 8.93. The van der Waals surface area contributed by atoms with Crippen molar-refractivity contribution in [2.75, 3.05) is 19.2 Å². The summed E-state index contributed by atoms with van der Waals surface area (Å²) >= 11 is 0. The van der Waals surface area contributed by atoms with Crippen molar-refractivity contribution in [2.45, 2.75) is 26.7 Å². The summed E-state index contributed by atoms with van der Waals surface area (Å²) in [6.07, 6.45) is 0.437. The van der Waals surface area contributed by atoms with E-state index in [4.69, 9.17) is 18.6 Å². The summed E-state index contributed by atoms with van der Waals surface area (Å²) < 4.78 is 21.4. The van der Waals surface area contributed by atoms with Gasteiger partial charge in [-0.15, -0.1) is 0 Å². The molecule has 7 heteroatoms. The third kappa shape index (κ3) is 3.51. The lowest BCUT2D eigenvalue weighted by Crippen LogP contribution is -2.16. The summed E-state index contributed by atoms with van der Waals surface area (Å²) in [5, 5.41) is 3.66. The summed E-state index contributed by atoms with van der Waals surface area (Å²) in [5.41, 5.74) is 2.80. The number of ether oxygens (including phenoxy) is 3. The van der Waals surface area contributed by atoms with Gasteiger partial charge in [-0.1, -0.05) is 0 Å². The Bertz CT molecular complexity index is 1160. The van der Waals surface area contributed by atoms with E-state index in [1.54, 1.807) is 25.3 Å². The Balaban J connectivity index is 1.52. The number of methoxy groups -OCH3 is 1. The number of anilines is 1. The fourth-order valence-corrected chi connectivity index (χ4v) is 3.52.